The first-order valence-corrected chi connectivity index (χ1v) is 8.20. The number of hydrogen-bond donors (Lipinski definition) is 1. The second-order valence-corrected chi connectivity index (χ2v) is 5.66. The molecule has 126 valence electrons. The van der Waals surface area contributed by atoms with E-state index in [0.29, 0.717) is 5.82 Å². The van der Waals surface area contributed by atoms with Crippen molar-refractivity contribution in [3.63, 3.8) is 0 Å². The van der Waals surface area contributed by atoms with Crippen molar-refractivity contribution in [3.05, 3.63) is 78.2 Å². The topological polar surface area (TPSA) is 58.1 Å². The summed E-state index contributed by atoms with van der Waals surface area (Å²) in [6.45, 7) is 4.81. The van der Waals surface area contributed by atoms with E-state index in [1.54, 1.807) is 6.20 Å². The van der Waals surface area contributed by atoms with Gasteiger partial charge in [0, 0.05) is 17.9 Å². The highest BCUT2D eigenvalue weighted by Gasteiger charge is 2.12. The molecule has 0 aliphatic heterocycles. The van der Waals surface area contributed by atoms with Gasteiger partial charge in [0.05, 0.1) is 12.4 Å². The van der Waals surface area contributed by atoms with Crippen molar-refractivity contribution in [2.45, 2.75) is 13.8 Å². The average Bonchev–Trinajstić information content (AvgIpc) is 2.66. The molecule has 3 rings (SSSR count). The normalized spacial score (nSPS) is 10.3. The van der Waals surface area contributed by atoms with Gasteiger partial charge in [-0.25, -0.2) is 9.97 Å². The van der Waals surface area contributed by atoms with Gasteiger partial charge in [0.25, 0.3) is 5.91 Å². The lowest BCUT2D eigenvalue weighted by Gasteiger charge is -2.21. The van der Waals surface area contributed by atoms with Crippen LogP contribution in [0.1, 0.15) is 23.0 Å². The average molecular weight is 332 g/mol. The molecule has 0 radical (unpaired) electrons. The van der Waals surface area contributed by atoms with Crippen LogP contribution in [0.3, 0.4) is 0 Å². The van der Waals surface area contributed by atoms with Gasteiger partial charge in [0.2, 0.25) is 0 Å². The van der Waals surface area contributed by atoms with Crippen molar-refractivity contribution in [1.82, 2.24) is 9.97 Å². The summed E-state index contributed by atoms with van der Waals surface area (Å²) in [5, 5.41) is 2.82. The molecule has 1 N–H and O–H groups in total. The van der Waals surface area contributed by atoms with Crippen LogP contribution in [0.2, 0.25) is 0 Å². The fourth-order valence-electron chi connectivity index (χ4n) is 2.49. The number of amides is 1. The molecule has 2 aromatic carbocycles. The van der Waals surface area contributed by atoms with E-state index in [1.807, 2.05) is 73.3 Å². The molecule has 5 nitrogen and oxygen atoms in total. The summed E-state index contributed by atoms with van der Waals surface area (Å²) >= 11 is 0. The van der Waals surface area contributed by atoms with Crippen LogP contribution in [0, 0.1) is 6.92 Å². The molecule has 0 saturated heterocycles. The predicted octanol–water partition coefficient (Wildman–Crippen LogP) is 4.20. The number of aryl methyl sites for hydroxylation is 1. The number of nitrogens with zero attached hydrogens (tertiary/aromatic N) is 3. The molecule has 0 aliphatic carbocycles. The number of anilines is 3. The molecular weight excluding hydrogens is 312 g/mol. The van der Waals surface area contributed by atoms with Crippen LogP contribution < -0.4 is 10.2 Å². The lowest BCUT2D eigenvalue weighted by Crippen LogP contribution is -2.19. The summed E-state index contributed by atoms with van der Waals surface area (Å²) < 4.78 is 0. The van der Waals surface area contributed by atoms with E-state index in [9.17, 15) is 4.79 Å². The van der Waals surface area contributed by atoms with Crippen molar-refractivity contribution >= 4 is 23.1 Å². The summed E-state index contributed by atoms with van der Waals surface area (Å²) in [6, 6.07) is 17.6. The van der Waals surface area contributed by atoms with Crippen molar-refractivity contribution in [2.75, 3.05) is 16.8 Å². The molecule has 0 unspecified atom stereocenters. The summed E-state index contributed by atoms with van der Waals surface area (Å²) in [6.07, 6.45) is 3.13. The third kappa shape index (κ3) is 4.01. The maximum Gasteiger partial charge on any atom is 0.275 e. The lowest BCUT2D eigenvalue weighted by atomic mass is 10.2. The summed E-state index contributed by atoms with van der Waals surface area (Å²) in [7, 11) is 0. The van der Waals surface area contributed by atoms with E-state index >= 15 is 0 Å². The molecule has 0 spiro atoms. The van der Waals surface area contributed by atoms with Gasteiger partial charge >= 0.3 is 0 Å². The van der Waals surface area contributed by atoms with Gasteiger partial charge in [-0.2, -0.15) is 0 Å². The van der Waals surface area contributed by atoms with Crippen LogP contribution in [0.4, 0.5) is 17.2 Å². The first kappa shape index (κ1) is 16.6. The molecular formula is C20H20N4O. The Morgan fingerprint density at radius 3 is 2.32 bits per heavy atom. The molecule has 0 aliphatic rings. The largest absolute Gasteiger partial charge is 0.325 e. The van der Waals surface area contributed by atoms with Crippen LogP contribution in [-0.4, -0.2) is 22.4 Å². The number of para-hydroxylation sites is 1. The number of aromatic nitrogens is 2. The molecule has 3 aromatic rings. The van der Waals surface area contributed by atoms with Crippen LogP contribution in [-0.2, 0) is 0 Å². The Labute approximate surface area is 147 Å². The summed E-state index contributed by atoms with van der Waals surface area (Å²) in [5.74, 6) is 0.436. The number of hydrogen-bond acceptors (Lipinski definition) is 4. The van der Waals surface area contributed by atoms with E-state index in [4.69, 9.17) is 0 Å². The number of benzene rings is 2. The lowest BCUT2D eigenvalue weighted by molar-refractivity contribution is 0.102. The van der Waals surface area contributed by atoms with E-state index < -0.39 is 0 Å². The zero-order chi connectivity index (χ0) is 17.6. The molecule has 25 heavy (non-hydrogen) atoms. The predicted molar refractivity (Wildman–Crippen MR) is 100 cm³/mol. The van der Waals surface area contributed by atoms with Crippen molar-refractivity contribution in [3.8, 4) is 0 Å². The first-order chi connectivity index (χ1) is 12.2. The minimum Gasteiger partial charge on any atom is -0.325 e. The Morgan fingerprint density at radius 1 is 1.00 bits per heavy atom. The van der Waals surface area contributed by atoms with Crippen LogP contribution in [0.5, 0.6) is 0 Å². The zero-order valence-electron chi connectivity index (χ0n) is 14.3. The Bertz CT molecular complexity index is 830. The SMILES string of the molecule is CCN(c1ccccc1)c1cnc(C(=O)Nc2ccc(C)cc2)cn1. The quantitative estimate of drug-likeness (QED) is 0.761. The maximum absolute atomic E-state index is 12.3. The number of carbonyl (C=O) groups excluding carboxylic acids is 1. The highest BCUT2D eigenvalue weighted by atomic mass is 16.1. The zero-order valence-corrected chi connectivity index (χ0v) is 14.3. The van der Waals surface area contributed by atoms with Crippen LogP contribution >= 0.6 is 0 Å². The Balaban J connectivity index is 1.75. The van der Waals surface area contributed by atoms with Gasteiger partial charge in [-0.1, -0.05) is 35.9 Å². The molecule has 0 fully saturated rings. The van der Waals surface area contributed by atoms with Crippen molar-refractivity contribution < 1.29 is 4.79 Å². The fourth-order valence-corrected chi connectivity index (χ4v) is 2.49. The Morgan fingerprint density at radius 2 is 1.72 bits per heavy atom. The summed E-state index contributed by atoms with van der Waals surface area (Å²) in [5.41, 5.74) is 3.20. The second-order valence-electron chi connectivity index (χ2n) is 5.66. The monoisotopic (exact) mass is 332 g/mol. The standard InChI is InChI=1S/C20H20N4O/c1-3-24(17-7-5-4-6-8-17)19-14-21-18(13-22-19)20(25)23-16-11-9-15(2)10-12-16/h4-14H,3H2,1-2H3,(H,23,25). The van der Waals surface area contributed by atoms with Gasteiger partial charge < -0.3 is 10.2 Å². The van der Waals surface area contributed by atoms with Crippen molar-refractivity contribution in [2.24, 2.45) is 0 Å². The Kier molecular flexibility index (Phi) is 5.04. The van der Waals surface area contributed by atoms with E-state index in [1.165, 1.54) is 6.20 Å². The molecule has 1 heterocycles. The highest BCUT2D eigenvalue weighted by Crippen LogP contribution is 2.22. The van der Waals surface area contributed by atoms with Gasteiger partial charge in [-0.3, -0.25) is 4.79 Å². The van der Waals surface area contributed by atoms with E-state index in [0.717, 1.165) is 23.5 Å². The third-order valence-corrected chi connectivity index (χ3v) is 3.84. The molecule has 0 atom stereocenters. The number of carbonyl (C=O) groups is 1. The summed E-state index contributed by atoms with van der Waals surface area (Å²) in [4.78, 5) is 23.0. The molecule has 1 amide bonds. The van der Waals surface area contributed by atoms with E-state index in [2.05, 4.69) is 15.3 Å². The third-order valence-electron chi connectivity index (χ3n) is 3.84. The van der Waals surface area contributed by atoms with Gasteiger partial charge in [-0.15, -0.1) is 0 Å². The smallest absolute Gasteiger partial charge is 0.275 e. The Hall–Kier alpha value is -3.21. The van der Waals surface area contributed by atoms with Gasteiger partial charge in [-0.05, 0) is 38.1 Å². The first-order valence-electron chi connectivity index (χ1n) is 8.20. The van der Waals surface area contributed by atoms with Crippen LogP contribution in [0.15, 0.2) is 67.0 Å². The number of nitrogens with one attached hydrogen (secondary N) is 1. The van der Waals surface area contributed by atoms with Gasteiger partial charge in [0.1, 0.15) is 5.69 Å². The number of rotatable bonds is 5. The second kappa shape index (κ2) is 7.57. The molecule has 1 aromatic heterocycles. The molecule has 0 saturated carbocycles. The highest BCUT2D eigenvalue weighted by molar-refractivity contribution is 6.02. The van der Waals surface area contributed by atoms with Crippen molar-refractivity contribution in [1.29, 1.82) is 0 Å². The van der Waals surface area contributed by atoms with Gasteiger partial charge in [0.15, 0.2) is 5.82 Å². The molecule has 0 bridgehead atoms. The molecule has 5 heteroatoms. The minimum atomic E-state index is -0.273. The maximum atomic E-state index is 12.3. The fraction of sp³-hybridized carbons (Fsp3) is 0.150. The van der Waals surface area contributed by atoms with E-state index in [-0.39, 0.29) is 11.6 Å². The van der Waals surface area contributed by atoms with Crippen LogP contribution in [0.25, 0.3) is 0 Å². The minimum absolute atomic E-state index is 0.273.